The first-order valence-corrected chi connectivity index (χ1v) is 7.59. The van der Waals surface area contributed by atoms with E-state index in [9.17, 15) is 9.18 Å². The van der Waals surface area contributed by atoms with Crippen LogP contribution in [0.2, 0.25) is 0 Å². The smallest absolute Gasteiger partial charge is 0.331 e. The lowest BCUT2D eigenvalue weighted by molar-refractivity contribution is -0.148. The second-order valence-electron chi connectivity index (χ2n) is 6.28. The third-order valence-electron chi connectivity index (χ3n) is 4.56. The van der Waals surface area contributed by atoms with Crippen LogP contribution < -0.4 is 5.32 Å². The van der Waals surface area contributed by atoms with Crippen molar-refractivity contribution < 1.29 is 13.9 Å². The molecule has 0 heterocycles. The number of hydrogen-bond donors (Lipinski definition) is 1. The quantitative estimate of drug-likeness (QED) is 0.853. The van der Waals surface area contributed by atoms with Crippen LogP contribution in [0.5, 0.6) is 0 Å². The van der Waals surface area contributed by atoms with Crippen molar-refractivity contribution in [1.82, 2.24) is 0 Å². The number of para-hydroxylation sites is 1. The van der Waals surface area contributed by atoms with Gasteiger partial charge >= 0.3 is 5.97 Å². The van der Waals surface area contributed by atoms with E-state index in [1.54, 1.807) is 18.2 Å². The maximum absolute atomic E-state index is 13.9. The number of ether oxygens (including phenoxy) is 1. The zero-order valence-corrected chi connectivity index (χ0v) is 13.0. The Morgan fingerprint density at radius 3 is 2.76 bits per heavy atom. The molecule has 0 bridgehead atoms. The Balaban J connectivity index is 2.29. The molecule has 0 spiro atoms. The monoisotopic (exact) mass is 293 g/mol. The lowest BCUT2D eigenvalue weighted by Gasteiger charge is -2.41. The van der Waals surface area contributed by atoms with E-state index >= 15 is 0 Å². The molecule has 4 heteroatoms. The molecule has 1 aromatic rings. The van der Waals surface area contributed by atoms with Crippen LogP contribution >= 0.6 is 0 Å². The number of nitrogens with one attached hydrogen (secondary N) is 1. The minimum atomic E-state index is -0.815. The predicted molar refractivity (Wildman–Crippen MR) is 81.6 cm³/mol. The summed E-state index contributed by atoms with van der Waals surface area (Å²) < 4.78 is 18.9. The van der Waals surface area contributed by atoms with Crippen molar-refractivity contribution in [1.29, 1.82) is 0 Å². The molecule has 1 aromatic carbocycles. The van der Waals surface area contributed by atoms with Crippen LogP contribution in [0.1, 0.15) is 39.5 Å². The van der Waals surface area contributed by atoms with Crippen molar-refractivity contribution in [2.75, 3.05) is 12.4 Å². The summed E-state index contributed by atoms with van der Waals surface area (Å²) in [5, 5.41) is 3.15. The predicted octanol–water partition coefficient (Wildman–Crippen LogP) is 4.00. The third-order valence-corrected chi connectivity index (χ3v) is 4.56. The fourth-order valence-corrected chi connectivity index (χ4v) is 3.25. The van der Waals surface area contributed by atoms with E-state index in [0.29, 0.717) is 30.4 Å². The molecule has 1 aliphatic rings. The molecule has 2 unspecified atom stereocenters. The summed E-state index contributed by atoms with van der Waals surface area (Å²) in [5.74, 6) is 0.303. The van der Waals surface area contributed by atoms with Gasteiger partial charge in [-0.1, -0.05) is 32.4 Å². The largest absolute Gasteiger partial charge is 0.467 e. The third kappa shape index (κ3) is 3.36. The normalized spacial score (nSPS) is 25.7. The molecule has 0 radical (unpaired) electrons. The summed E-state index contributed by atoms with van der Waals surface area (Å²) in [5.41, 5.74) is -0.447. The van der Waals surface area contributed by atoms with Gasteiger partial charge < -0.3 is 10.1 Å². The Hall–Kier alpha value is -1.58. The van der Waals surface area contributed by atoms with Gasteiger partial charge in [-0.25, -0.2) is 9.18 Å². The van der Waals surface area contributed by atoms with Crippen LogP contribution in [0.25, 0.3) is 0 Å². The van der Waals surface area contributed by atoms with E-state index in [1.807, 2.05) is 0 Å². The molecule has 116 valence electrons. The van der Waals surface area contributed by atoms with E-state index in [0.717, 1.165) is 12.8 Å². The van der Waals surface area contributed by atoms with Gasteiger partial charge in [0.2, 0.25) is 0 Å². The van der Waals surface area contributed by atoms with Crippen molar-refractivity contribution >= 4 is 11.7 Å². The number of halogens is 1. The van der Waals surface area contributed by atoms with Gasteiger partial charge in [-0.05, 0) is 43.2 Å². The first-order valence-electron chi connectivity index (χ1n) is 7.59. The molecule has 3 nitrogen and oxygen atoms in total. The standard InChI is InChI=1S/C17H24FNO2/c1-12(2)13-7-6-10-17(11-13,16(20)21-3)19-15-9-5-4-8-14(15)18/h4-5,8-9,12-13,19H,6-7,10-11H2,1-3H3. The van der Waals surface area contributed by atoms with Crippen LogP contribution in [0.4, 0.5) is 10.1 Å². The Bertz CT molecular complexity index is 503. The average molecular weight is 293 g/mol. The van der Waals surface area contributed by atoms with Crippen molar-refractivity contribution in [3.63, 3.8) is 0 Å². The van der Waals surface area contributed by atoms with Crippen molar-refractivity contribution in [2.45, 2.75) is 45.1 Å². The molecule has 1 saturated carbocycles. The van der Waals surface area contributed by atoms with E-state index in [2.05, 4.69) is 19.2 Å². The Kier molecular flexibility index (Phi) is 4.86. The van der Waals surface area contributed by atoms with Gasteiger partial charge in [0.25, 0.3) is 0 Å². The first-order chi connectivity index (χ1) is 9.98. The van der Waals surface area contributed by atoms with Gasteiger partial charge in [0.05, 0.1) is 12.8 Å². The molecule has 1 N–H and O–H groups in total. The highest BCUT2D eigenvalue weighted by atomic mass is 19.1. The number of methoxy groups -OCH3 is 1. The van der Waals surface area contributed by atoms with Gasteiger partial charge in [0.1, 0.15) is 11.4 Å². The first kappa shape index (κ1) is 15.8. The summed E-state index contributed by atoms with van der Waals surface area (Å²) in [6, 6.07) is 6.47. The van der Waals surface area contributed by atoms with E-state index in [4.69, 9.17) is 4.74 Å². The van der Waals surface area contributed by atoms with Gasteiger partial charge in [0.15, 0.2) is 0 Å². The summed E-state index contributed by atoms with van der Waals surface area (Å²) >= 11 is 0. The Labute approximate surface area is 125 Å². The van der Waals surface area contributed by atoms with E-state index in [-0.39, 0.29) is 11.8 Å². The van der Waals surface area contributed by atoms with Crippen molar-refractivity contribution in [3.05, 3.63) is 30.1 Å². The number of anilines is 1. The maximum atomic E-state index is 13.9. The molecule has 0 saturated heterocycles. The number of carbonyl (C=O) groups is 1. The fourth-order valence-electron chi connectivity index (χ4n) is 3.25. The van der Waals surface area contributed by atoms with Crippen LogP contribution in [-0.2, 0) is 9.53 Å². The maximum Gasteiger partial charge on any atom is 0.331 e. The van der Waals surface area contributed by atoms with E-state index in [1.165, 1.54) is 13.2 Å². The van der Waals surface area contributed by atoms with Crippen LogP contribution in [0, 0.1) is 17.7 Å². The van der Waals surface area contributed by atoms with Crippen LogP contribution in [-0.4, -0.2) is 18.6 Å². The Morgan fingerprint density at radius 1 is 1.43 bits per heavy atom. The highest BCUT2D eigenvalue weighted by molar-refractivity contribution is 5.84. The summed E-state index contributed by atoms with van der Waals surface area (Å²) in [6.45, 7) is 4.34. The van der Waals surface area contributed by atoms with Crippen molar-refractivity contribution in [3.8, 4) is 0 Å². The molecular weight excluding hydrogens is 269 g/mol. The minimum Gasteiger partial charge on any atom is -0.467 e. The molecule has 21 heavy (non-hydrogen) atoms. The number of hydrogen-bond acceptors (Lipinski definition) is 3. The molecule has 0 aliphatic heterocycles. The topological polar surface area (TPSA) is 38.3 Å². The van der Waals surface area contributed by atoms with Crippen LogP contribution in [0.15, 0.2) is 24.3 Å². The summed E-state index contributed by atoms with van der Waals surface area (Å²) in [6.07, 6.45) is 3.41. The SMILES string of the molecule is COC(=O)C1(Nc2ccccc2F)CCCC(C(C)C)C1. The zero-order chi connectivity index (χ0) is 15.5. The second-order valence-corrected chi connectivity index (χ2v) is 6.28. The number of rotatable bonds is 4. The summed E-state index contributed by atoms with van der Waals surface area (Å²) in [4.78, 5) is 12.4. The highest BCUT2D eigenvalue weighted by Crippen LogP contribution is 2.39. The lowest BCUT2D eigenvalue weighted by atomic mass is 9.71. The molecule has 2 atom stereocenters. The lowest BCUT2D eigenvalue weighted by Crippen LogP contribution is -2.51. The van der Waals surface area contributed by atoms with Gasteiger partial charge in [-0.3, -0.25) is 0 Å². The van der Waals surface area contributed by atoms with Crippen molar-refractivity contribution in [2.24, 2.45) is 11.8 Å². The average Bonchev–Trinajstić information content (AvgIpc) is 2.49. The van der Waals surface area contributed by atoms with Gasteiger partial charge in [-0.15, -0.1) is 0 Å². The zero-order valence-electron chi connectivity index (χ0n) is 13.0. The minimum absolute atomic E-state index is 0.295. The molecular formula is C17H24FNO2. The fraction of sp³-hybridized carbons (Fsp3) is 0.588. The molecule has 1 aliphatic carbocycles. The van der Waals surface area contributed by atoms with Gasteiger partial charge in [0, 0.05) is 0 Å². The molecule has 2 rings (SSSR count). The number of esters is 1. The number of benzene rings is 1. The van der Waals surface area contributed by atoms with Crippen LogP contribution in [0.3, 0.4) is 0 Å². The highest BCUT2D eigenvalue weighted by Gasteiger charge is 2.44. The molecule has 1 fully saturated rings. The molecule has 0 aromatic heterocycles. The molecule has 0 amide bonds. The number of carbonyl (C=O) groups excluding carboxylic acids is 1. The van der Waals surface area contributed by atoms with E-state index < -0.39 is 5.54 Å². The second kappa shape index (κ2) is 6.46. The summed E-state index contributed by atoms with van der Waals surface area (Å²) in [7, 11) is 1.39. The van der Waals surface area contributed by atoms with Gasteiger partial charge in [-0.2, -0.15) is 0 Å². The Morgan fingerprint density at radius 2 is 2.14 bits per heavy atom.